The van der Waals surface area contributed by atoms with Crippen LogP contribution in [0.4, 0.5) is 13.2 Å². The number of hydrogen-bond donors (Lipinski definition) is 2. The molecule has 0 aromatic heterocycles. The van der Waals surface area contributed by atoms with E-state index in [1.165, 1.54) is 24.3 Å². The van der Waals surface area contributed by atoms with E-state index in [9.17, 15) is 17.7 Å². The number of benzene rings is 1. The highest BCUT2D eigenvalue weighted by atomic mass is 31.2. The Bertz CT molecular complexity index is 442. The van der Waals surface area contributed by atoms with Gasteiger partial charge in [-0.3, -0.25) is 9.79 Å². The van der Waals surface area contributed by atoms with Gasteiger partial charge in [-0.05, 0) is 17.7 Å². The van der Waals surface area contributed by atoms with E-state index in [0.29, 0.717) is 5.56 Å². The second kappa shape index (κ2) is 5.71. The number of rotatable bonds is 5. The minimum atomic E-state index is -4.68. The van der Waals surface area contributed by atoms with Crippen LogP contribution in [0.3, 0.4) is 0 Å². The smallest absolute Gasteiger partial charge is 0.404 e. The zero-order chi connectivity index (χ0) is 13.8. The highest BCUT2D eigenvalue weighted by molar-refractivity contribution is 7.46. The minimum absolute atomic E-state index is 0.142. The van der Waals surface area contributed by atoms with Gasteiger partial charge in [0, 0.05) is 0 Å². The standard InChI is InChI=1S/C9H10F3O5P/c10-9(11,12)6-16-5-7-2-1-3-8(4-7)17-18(13,14)15/h1-4H,5-6H2,(H2,13,14,15). The lowest BCUT2D eigenvalue weighted by Gasteiger charge is -2.10. The number of halogens is 3. The zero-order valence-corrected chi connectivity index (χ0v) is 9.82. The third kappa shape index (κ3) is 6.61. The largest absolute Gasteiger partial charge is 0.524 e. The molecule has 18 heavy (non-hydrogen) atoms. The lowest BCUT2D eigenvalue weighted by molar-refractivity contribution is -0.176. The predicted molar refractivity (Wildman–Crippen MR) is 54.8 cm³/mol. The Hall–Kier alpha value is -1.08. The van der Waals surface area contributed by atoms with Crippen LogP contribution < -0.4 is 4.52 Å². The maximum Gasteiger partial charge on any atom is 0.524 e. The molecule has 0 radical (unpaired) electrons. The van der Waals surface area contributed by atoms with E-state index < -0.39 is 20.6 Å². The Labute approximate surface area is 100 Å². The fraction of sp³-hybridized carbons (Fsp3) is 0.333. The lowest BCUT2D eigenvalue weighted by atomic mass is 10.2. The summed E-state index contributed by atoms with van der Waals surface area (Å²) in [7, 11) is -4.68. The average Bonchev–Trinajstić information content (AvgIpc) is 2.13. The van der Waals surface area contributed by atoms with Gasteiger partial charge in [0.2, 0.25) is 0 Å². The van der Waals surface area contributed by atoms with Crippen molar-refractivity contribution in [2.75, 3.05) is 6.61 Å². The van der Waals surface area contributed by atoms with Crippen LogP contribution in [0.1, 0.15) is 5.56 Å². The van der Waals surface area contributed by atoms with Crippen molar-refractivity contribution in [2.45, 2.75) is 12.8 Å². The van der Waals surface area contributed by atoms with E-state index in [1.54, 1.807) is 0 Å². The fourth-order valence-electron chi connectivity index (χ4n) is 1.11. The van der Waals surface area contributed by atoms with Crippen LogP contribution in [-0.2, 0) is 15.9 Å². The molecule has 0 amide bonds. The quantitative estimate of drug-likeness (QED) is 0.812. The van der Waals surface area contributed by atoms with Gasteiger partial charge in [-0.1, -0.05) is 12.1 Å². The van der Waals surface area contributed by atoms with E-state index >= 15 is 0 Å². The molecule has 0 spiro atoms. The van der Waals surface area contributed by atoms with E-state index in [-0.39, 0.29) is 12.4 Å². The molecular weight excluding hydrogens is 276 g/mol. The summed E-state index contributed by atoms with van der Waals surface area (Å²) in [4.78, 5) is 17.1. The van der Waals surface area contributed by atoms with Gasteiger partial charge in [0.15, 0.2) is 0 Å². The summed E-state index contributed by atoms with van der Waals surface area (Å²) in [6, 6.07) is 5.29. The molecule has 1 aromatic carbocycles. The summed E-state index contributed by atoms with van der Waals surface area (Å²) in [6.07, 6.45) is -4.42. The third-order valence-corrected chi connectivity index (χ3v) is 2.11. The van der Waals surface area contributed by atoms with Gasteiger partial charge >= 0.3 is 14.0 Å². The van der Waals surface area contributed by atoms with Crippen molar-refractivity contribution < 1.29 is 36.8 Å². The van der Waals surface area contributed by atoms with Crippen molar-refractivity contribution in [2.24, 2.45) is 0 Å². The molecule has 0 atom stereocenters. The molecule has 5 nitrogen and oxygen atoms in total. The number of ether oxygens (including phenoxy) is 1. The Morgan fingerprint density at radius 1 is 1.28 bits per heavy atom. The monoisotopic (exact) mass is 286 g/mol. The van der Waals surface area contributed by atoms with Crippen LogP contribution >= 0.6 is 7.82 Å². The SMILES string of the molecule is O=P(O)(O)Oc1cccc(COCC(F)(F)F)c1. The van der Waals surface area contributed by atoms with Crippen LogP contribution in [0, 0.1) is 0 Å². The first-order valence-electron chi connectivity index (χ1n) is 4.64. The van der Waals surface area contributed by atoms with E-state index in [1.807, 2.05) is 0 Å². The van der Waals surface area contributed by atoms with Crippen molar-refractivity contribution in [3.8, 4) is 5.75 Å². The Balaban J connectivity index is 2.57. The number of hydrogen-bond acceptors (Lipinski definition) is 3. The van der Waals surface area contributed by atoms with E-state index in [2.05, 4.69) is 9.26 Å². The molecule has 0 aliphatic rings. The predicted octanol–water partition coefficient (Wildman–Crippen LogP) is 2.24. The first-order valence-corrected chi connectivity index (χ1v) is 6.17. The molecule has 0 saturated carbocycles. The normalized spacial score (nSPS) is 12.5. The van der Waals surface area contributed by atoms with E-state index in [0.717, 1.165) is 0 Å². The maximum absolute atomic E-state index is 11.8. The number of phosphoric ester groups is 1. The molecule has 1 rings (SSSR count). The summed E-state index contributed by atoms with van der Waals surface area (Å²) in [5, 5.41) is 0. The van der Waals surface area contributed by atoms with Gasteiger partial charge in [0.05, 0.1) is 6.61 Å². The van der Waals surface area contributed by atoms with Gasteiger partial charge in [0.25, 0.3) is 0 Å². The topological polar surface area (TPSA) is 76.0 Å². The first kappa shape index (κ1) is 15.0. The second-order valence-corrected chi connectivity index (χ2v) is 4.50. The zero-order valence-electron chi connectivity index (χ0n) is 8.92. The maximum atomic E-state index is 11.8. The molecule has 0 bridgehead atoms. The molecule has 1 aromatic rings. The van der Waals surface area contributed by atoms with Crippen LogP contribution in [0.5, 0.6) is 5.75 Å². The molecule has 102 valence electrons. The molecule has 0 fully saturated rings. The van der Waals surface area contributed by atoms with Crippen LogP contribution in [0.2, 0.25) is 0 Å². The minimum Gasteiger partial charge on any atom is -0.404 e. The lowest BCUT2D eigenvalue weighted by Crippen LogP contribution is -2.16. The molecular formula is C9H10F3O5P. The fourth-order valence-corrected chi connectivity index (χ4v) is 1.50. The number of alkyl halides is 3. The van der Waals surface area contributed by atoms with Crippen molar-refractivity contribution in [1.82, 2.24) is 0 Å². The molecule has 0 unspecified atom stereocenters. The molecule has 9 heteroatoms. The first-order chi connectivity index (χ1) is 8.16. The molecule has 0 aliphatic carbocycles. The molecule has 0 saturated heterocycles. The van der Waals surface area contributed by atoms with Crippen molar-refractivity contribution in [1.29, 1.82) is 0 Å². The van der Waals surface area contributed by atoms with Gasteiger partial charge in [-0.2, -0.15) is 13.2 Å². The summed E-state index contributed by atoms with van der Waals surface area (Å²) in [5.41, 5.74) is 0.310. The Morgan fingerprint density at radius 2 is 1.94 bits per heavy atom. The molecule has 0 heterocycles. The number of phosphoric acid groups is 1. The average molecular weight is 286 g/mol. The summed E-state index contributed by atoms with van der Waals surface area (Å²) in [6.45, 7) is -1.73. The highest BCUT2D eigenvalue weighted by Crippen LogP contribution is 2.37. The molecule has 2 N–H and O–H groups in total. The van der Waals surface area contributed by atoms with Gasteiger partial charge in [0.1, 0.15) is 12.4 Å². The summed E-state index contributed by atoms with van der Waals surface area (Å²) < 4.78 is 54.6. The third-order valence-electron chi connectivity index (χ3n) is 1.66. The van der Waals surface area contributed by atoms with Crippen molar-refractivity contribution in [3.05, 3.63) is 29.8 Å². The van der Waals surface area contributed by atoms with Crippen LogP contribution in [0.15, 0.2) is 24.3 Å². The van der Waals surface area contributed by atoms with Gasteiger partial charge in [-0.25, -0.2) is 4.57 Å². The highest BCUT2D eigenvalue weighted by Gasteiger charge is 2.27. The molecule has 0 aliphatic heterocycles. The van der Waals surface area contributed by atoms with Gasteiger partial charge < -0.3 is 9.26 Å². The van der Waals surface area contributed by atoms with Crippen LogP contribution in [0.25, 0.3) is 0 Å². The summed E-state index contributed by atoms with van der Waals surface area (Å²) >= 11 is 0. The Kier molecular flexibility index (Phi) is 4.75. The second-order valence-electron chi connectivity index (χ2n) is 3.34. The van der Waals surface area contributed by atoms with Gasteiger partial charge in [-0.15, -0.1) is 0 Å². The van der Waals surface area contributed by atoms with E-state index in [4.69, 9.17) is 9.79 Å². The van der Waals surface area contributed by atoms with Crippen molar-refractivity contribution in [3.63, 3.8) is 0 Å². The van der Waals surface area contributed by atoms with Crippen molar-refractivity contribution >= 4 is 7.82 Å². The summed E-state index contributed by atoms with van der Waals surface area (Å²) in [5.74, 6) is -0.142. The Morgan fingerprint density at radius 3 is 2.50 bits per heavy atom. The van der Waals surface area contributed by atoms with Crippen LogP contribution in [-0.4, -0.2) is 22.6 Å².